The lowest BCUT2D eigenvalue weighted by Gasteiger charge is -2.30. The monoisotopic (exact) mass is 271 g/mol. The van der Waals surface area contributed by atoms with E-state index in [2.05, 4.69) is 5.32 Å². The maximum atomic E-state index is 11.3. The third-order valence-corrected chi connectivity index (χ3v) is 4.08. The van der Waals surface area contributed by atoms with E-state index in [0.29, 0.717) is 18.9 Å². The fourth-order valence-electron chi connectivity index (χ4n) is 2.91. The van der Waals surface area contributed by atoms with Crippen LogP contribution in [0.15, 0.2) is 0 Å². The van der Waals surface area contributed by atoms with Gasteiger partial charge in [0, 0.05) is 13.0 Å². The van der Waals surface area contributed by atoms with E-state index in [1.165, 1.54) is 32.1 Å². The van der Waals surface area contributed by atoms with Crippen molar-refractivity contribution in [3.05, 3.63) is 0 Å². The molecule has 112 valence electrons. The Balaban J connectivity index is 2.35. The van der Waals surface area contributed by atoms with E-state index in [4.69, 9.17) is 4.74 Å². The molecule has 0 amide bonds. The van der Waals surface area contributed by atoms with Crippen molar-refractivity contribution in [1.82, 2.24) is 5.32 Å². The summed E-state index contributed by atoms with van der Waals surface area (Å²) >= 11 is 0. The summed E-state index contributed by atoms with van der Waals surface area (Å²) in [5, 5.41) is 12.4. The number of carboxylic acids is 1. The molecule has 1 rings (SSSR count). The van der Waals surface area contributed by atoms with Crippen LogP contribution in [-0.4, -0.2) is 35.9 Å². The summed E-state index contributed by atoms with van der Waals surface area (Å²) in [4.78, 5) is 11.3. The van der Waals surface area contributed by atoms with Crippen LogP contribution < -0.4 is 5.32 Å². The average molecular weight is 271 g/mol. The highest BCUT2D eigenvalue weighted by molar-refractivity contribution is 5.78. The molecule has 1 aliphatic carbocycles. The van der Waals surface area contributed by atoms with Crippen molar-refractivity contribution in [3.63, 3.8) is 0 Å². The number of nitrogens with one attached hydrogen (secondary N) is 1. The molecular formula is C15H29NO3. The number of ether oxygens (including phenoxy) is 1. The van der Waals surface area contributed by atoms with Crippen molar-refractivity contribution in [2.75, 3.05) is 13.2 Å². The number of hydrogen-bond acceptors (Lipinski definition) is 3. The summed E-state index contributed by atoms with van der Waals surface area (Å²) in [6.45, 7) is 7.07. The van der Waals surface area contributed by atoms with E-state index in [-0.39, 0.29) is 6.10 Å². The molecule has 0 radical (unpaired) electrons. The largest absolute Gasteiger partial charge is 0.480 e. The summed E-state index contributed by atoms with van der Waals surface area (Å²) in [5.41, 5.74) is -0.888. The third-order valence-electron chi connectivity index (χ3n) is 4.08. The molecule has 1 aliphatic rings. The first kappa shape index (κ1) is 16.4. The van der Waals surface area contributed by atoms with Gasteiger partial charge in [-0.1, -0.05) is 26.2 Å². The highest BCUT2D eigenvalue weighted by Gasteiger charge is 2.34. The zero-order chi connectivity index (χ0) is 14.3. The number of aliphatic carboxylic acids is 1. The highest BCUT2D eigenvalue weighted by atomic mass is 16.5. The molecule has 2 N–H and O–H groups in total. The topological polar surface area (TPSA) is 58.6 Å². The molecule has 0 spiro atoms. The molecule has 4 heteroatoms. The molecule has 0 bridgehead atoms. The predicted molar refractivity (Wildman–Crippen MR) is 76.3 cm³/mol. The molecule has 0 aliphatic heterocycles. The van der Waals surface area contributed by atoms with Gasteiger partial charge in [0.2, 0.25) is 0 Å². The minimum atomic E-state index is -0.888. The van der Waals surface area contributed by atoms with Crippen LogP contribution in [0.1, 0.15) is 59.3 Å². The van der Waals surface area contributed by atoms with Crippen LogP contribution in [0.2, 0.25) is 0 Å². The van der Waals surface area contributed by atoms with E-state index in [0.717, 1.165) is 6.61 Å². The first-order valence-electron chi connectivity index (χ1n) is 7.58. The molecular weight excluding hydrogens is 242 g/mol. The lowest BCUT2D eigenvalue weighted by Crippen LogP contribution is -2.51. The van der Waals surface area contributed by atoms with Crippen molar-refractivity contribution in [2.45, 2.75) is 70.9 Å². The Kier molecular flexibility index (Phi) is 6.80. The van der Waals surface area contributed by atoms with Crippen LogP contribution in [0.4, 0.5) is 0 Å². The molecule has 2 atom stereocenters. The second kappa shape index (κ2) is 7.85. The molecule has 1 fully saturated rings. The van der Waals surface area contributed by atoms with Crippen LogP contribution in [0.25, 0.3) is 0 Å². The molecule has 0 aromatic rings. The summed E-state index contributed by atoms with van der Waals surface area (Å²) in [6, 6.07) is 0. The van der Waals surface area contributed by atoms with Crippen molar-refractivity contribution in [2.24, 2.45) is 5.92 Å². The van der Waals surface area contributed by atoms with Crippen LogP contribution in [0, 0.1) is 5.92 Å². The second-order valence-corrected chi connectivity index (χ2v) is 6.02. The summed E-state index contributed by atoms with van der Waals surface area (Å²) in [7, 11) is 0. The summed E-state index contributed by atoms with van der Waals surface area (Å²) in [6.07, 6.45) is 6.97. The maximum Gasteiger partial charge on any atom is 0.323 e. The lowest BCUT2D eigenvalue weighted by atomic mass is 9.90. The van der Waals surface area contributed by atoms with Crippen molar-refractivity contribution >= 4 is 5.97 Å². The number of carbonyl (C=O) groups is 1. The Morgan fingerprint density at radius 2 is 2.05 bits per heavy atom. The second-order valence-electron chi connectivity index (χ2n) is 6.02. The van der Waals surface area contributed by atoms with Gasteiger partial charge in [-0.25, -0.2) is 0 Å². The van der Waals surface area contributed by atoms with Gasteiger partial charge in [0.15, 0.2) is 0 Å². The molecule has 4 nitrogen and oxygen atoms in total. The molecule has 0 saturated heterocycles. The molecule has 0 heterocycles. The van der Waals surface area contributed by atoms with Gasteiger partial charge in [-0.05, 0) is 39.2 Å². The Labute approximate surface area is 116 Å². The first-order valence-corrected chi connectivity index (χ1v) is 7.58. The van der Waals surface area contributed by atoms with Crippen molar-refractivity contribution < 1.29 is 14.6 Å². The van der Waals surface area contributed by atoms with Crippen LogP contribution in [0.5, 0.6) is 0 Å². The summed E-state index contributed by atoms with van der Waals surface area (Å²) < 4.78 is 5.87. The van der Waals surface area contributed by atoms with Gasteiger partial charge < -0.3 is 15.2 Å². The third kappa shape index (κ3) is 5.49. The molecule has 0 aromatic heterocycles. The number of hydrogen-bond donors (Lipinski definition) is 2. The normalized spacial score (nSPS) is 21.8. The van der Waals surface area contributed by atoms with E-state index < -0.39 is 11.5 Å². The molecule has 2 unspecified atom stereocenters. The Morgan fingerprint density at radius 1 is 1.42 bits per heavy atom. The van der Waals surface area contributed by atoms with E-state index in [1.54, 1.807) is 6.92 Å². The van der Waals surface area contributed by atoms with Gasteiger partial charge >= 0.3 is 5.97 Å². The standard InChI is InChI=1S/C15H29NO3/c1-4-16-15(3,14(17)18)10-12(2)19-11-13-8-6-5-7-9-13/h12-13,16H,4-11H2,1-3H3,(H,17,18). The quantitative estimate of drug-likeness (QED) is 0.712. The molecule has 19 heavy (non-hydrogen) atoms. The minimum Gasteiger partial charge on any atom is -0.480 e. The van der Waals surface area contributed by atoms with Gasteiger partial charge in [-0.2, -0.15) is 0 Å². The zero-order valence-electron chi connectivity index (χ0n) is 12.6. The highest BCUT2D eigenvalue weighted by Crippen LogP contribution is 2.25. The van der Waals surface area contributed by atoms with Crippen LogP contribution >= 0.6 is 0 Å². The first-order chi connectivity index (χ1) is 8.98. The number of carboxylic acid groups (broad SMARTS) is 1. The minimum absolute atomic E-state index is 0.0259. The van der Waals surface area contributed by atoms with Gasteiger partial charge in [-0.3, -0.25) is 4.79 Å². The van der Waals surface area contributed by atoms with E-state index in [1.807, 2.05) is 13.8 Å². The lowest BCUT2D eigenvalue weighted by molar-refractivity contribution is -0.146. The van der Waals surface area contributed by atoms with Crippen LogP contribution in [-0.2, 0) is 9.53 Å². The van der Waals surface area contributed by atoms with E-state index in [9.17, 15) is 9.90 Å². The Morgan fingerprint density at radius 3 is 2.58 bits per heavy atom. The number of rotatable bonds is 8. The van der Waals surface area contributed by atoms with Gasteiger partial charge in [0.05, 0.1) is 6.10 Å². The number of likely N-dealkylation sites (N-methyl/N-ethyl adjacent to an activating group) is 1. The van der Waals surface area contributed by atoms with Crippen molar-refractivity contribution in [3.8, 4) is 0 Å². The fraction of sp³-hybridized carbons (Fsp3) is 0.933. The smallest absolute Gasteiger partial charge is 0.323 e. The Bertz CT molecular complexity index is 277. The molecule has 1 saturated carbocycles. The van der Waals surface area contributed by atoms with Gasteiger partial charge in [0.25, 0.3) is 0 Å². The average Bonchev–Trinajstić information content (AvgIpc) is 2.37. The SMILES string of the molecule is CCNC(C)(CC(C)OCC1CCCCC1)C(=O)O. The predicted octanol–water partition coefficient (Wildman–Crippen LogP) is 2.81. The van der Waals surface area contributed by atoms with Crippen LogP contribution in [0.3, 0.4) is 0 Å². The zero-order valence-corrected chi connectivity index (χ0v) is 12.6. The summed E-state index contributed by atoms with van der Waals surface area (Å²) in [5.74, 6) is -0.131. The molecule has 0 aromatic carbocycles. The fourth-order valence-corrected chi connectivity index (χ4v) is 2.91. The Hall–Kier alpha value is -0.610. The van der Waals surface area contributed by atoms with Crippen molar-refractivity contribution in [1.29, 1.82) is 0 Å². The van der Waals surface area contributed by atoms with Gasteiger partial charge in [0.1, 0.15) is 5.54 Å². The van der Waals surface area contributed by atoms with Gasteiger partial charge in [-0.15, -0.1) is 0 Å². The van der Waals surface area contributed by atoms with E-state index >= 15 is 0 Å². The maximum absolute atomic E-state index is 11.3.